The number of ether oxygens (including phenoxy) is 1. The molecule has 18 heavy (non-hydrogen) atoms. The Bertz CT molecular complexity index is 278. The minimum absolute atomic E-state index is 0.428. The van der Waals surface area contributed by atoms with Gasteiger partial charge < -0.3 is 10.5 Å². The summed E-state index contributed by atoms with van der Waals surface area (Å²) in [5.74, 6) is 0.713. The number of hydrogen-bond donors (Lipinski definition) is 1. The topological polar surface area (TPSA) is 38.5 Å². The number of rotatable bonds is 4. The van der Waals surface area contributed by atoms with E-state index in [0.29, 0.717) is 12.0 Å². The van der Waals surface area contributed by atoms with E-state index in [1.165, 1.54) is 50.8 Å². The molecule has 2 unspecified atom stereocenters. The van der Waals surface area contributed by atoms with Gasteiger partial charge in [-0.15, -0.1) is 0 Å². The molecular formula is C15H28N2O. The summed E-state index contributed by atoms with van der Waals surface area (Å²) in [6.45, 7) is 4.26. The SMILES string of the molecule is COCC1=CCN(CC2CCCCCC2N)CC1. The minimum Gasteiger partial charge on any atom is -0.380 e. The molecule has 1 fully saturated rings. The van der Waals surface area contributed by atoms with E-state index >= 15 is 0 Å². The van der Waals surface area contributed by atoms with Gasteiger partial charge in [0.05, 0.1) is 6.61 Å². The van der Waals surface area contributed by atoms with Crippen LogP contribution in [0.2, 0.25) is 0 Å². The molecule has 3 nitrogen and oxygen atoms in total. The molecule has 1 heterocycles. The molecule has 1 aliphatic carbocycles. The third-order valence-electron chi connectivity index (χ3n) is 4.43. The Balaban J connectivity index is 1.79. The van der Waals surface area contributed by atoms with Crippen molar-refractivity contribution < 1.29 is 4.74 Å². The van der Waals surface area contributed by atoms with Crippen molar-refractivity contribution in [3.05, 3.63) is 11.6 Å². The van der Waals surface area contributed by atoms with Crippen LogP contribution < -0.4 is 5.73 Å². The summed E-state index contributed by atoms with van der Waals surface area (Å²) in [4.78, 5) is 2.56. The predicted molar refractivity (Wildman–Crippen MR) is 75.6 cm³/mol. The summed E-state index contributed by atoms with van der Waals surface area (Å²) in [5.41, 5.74) is 7.77. The Labute approximate surface area is 111 Å². The van der Waals surface area contributed by atoms with Gasteiger partial charge in [-0.25, -0.2) is 0 Å². The van der Waals surface area contributed by atoms with Gasteiger partial charge in [0.1, 0.15) is 0 Å². The van der Waals surface area contributed by atoms with Crippen molar-refractivity contribution >= 4 is 0 Å². The van der Waals surface area contributed by atoms with Gasteiger partial charge in [-0.2, -0.15) is 0 Å². The molecule has 3 heteroatoms. The zero-order valence-electron chi connectivity index (χ0n) is 11.7. The Hall–Kier alpha value is -0.380. The number of nitrogens with two attached hydrogens (primary N) is 1. The van der Waals surface area contributed by atoms with Crippen LogP contribution in [0.3, 0.4) is 0 Å². The lowest BCUT2D eigenvalue weighted by molar-refractivity contribution is 0.195. The van der Waals surface area contributed by atoms with Crippen LogP contribution in [0.15, 0.2) is 11.6 Å². The fraction of sp³-hybridized carbons (Fsp3) is 0.867. The lowest BCUT2D eigenvalue weighted by atomic mass is 9.94. The van der Waals surface area contributed by atoms with Crippen molar-refractivity contribution in [2.24, 2.45) is 11.7 Å². The third kappa shape index (κ3) is 4.08. The van der Waals surface area contributed by atoms with Crippen LogP contribution >= 0.6 is 0 Å². The van der Waals surface area contributed by atoms with Crippen molar-refractivity contribution in [3.8, 4) is 0 Å². The highest BCUT2D eigenvalue weighted by molar-refractivity contribution is 5.07. The van der Waals surface area contributed by atoms with Crippen molar-refractivity contribution in [2.45, 2.75) is 44.6 Å². The standard InChI is InChI=1S/C15H28N2O/c1-18-12-13-7-9-17(10-8-13)11-14-5-3-2-4-6-15(14)16/h7,14-15H,2-6,8-12,16H2,1H3. The van der Waals surface area contributed by atoms with E-state index in [9.17, 15) is 0 Å². The first-order valence-electron chi connectivity index (χ1n) is 7.44. The van der Waals surface area contributed by atoms with Gasteiger partial charge in [0.15, 0.2) is 0 Å². The molecule has 0 radical (unpaired) electrons. The quantitative estimate of drug-likeness (QED) is 0.615. The summed E-state index contributed by atoms with van der Waals surface area (Å²) < 4.78 is 5.19. The van der Waals surface area contributed by atoms with Crippen LogP contribution in [0.4, 0.5) is 0 Å². The molecule has 2 rings (SSSR count). The maximum Gasteiger partial charge on any atom is 0.0673 e. The van der Waals surface area contributed by atoms with Gasteiger partial charge in [-0.05, 0) is 30.8 Å². The molecule has 2 aliphatic rings. The van der Waals surface area contributed by atoms with Crippen LogP contribution in [-0.4, -0.2) is 44.3 Å². The molecule has 2 atom stereocenters. The number of methoxy groups -OCH3 is 1. The lowest BCUT2D eigenvalue weighted by Gasteiger charge is -2.31. The van der Waals surface area contributed by atoms with Gasteiger partial charge in [0.2, 0.25) is 0 Å². The Morgan fingerprint density at radius 1 is 1.33 bits per heavy atom. The zero-order valence-corrected chi connectivity index (χ0v) is 11.7. The lowest BCUT2D eigenvalue weighted by Crippen LogP contribution is -2.40. The van der Waals surface area contributed by atoms with Crippen LogP contribution in [-0.2, 0) is 4.74 Å². The predicted octanol–water partition coefficient (Wildman–Crippen LogP) is 2.17. The van der Waals surface area contributed by atoms with E-state index in [-0.39, 0.29) is 0 Å². The Morgan fingerprint density at radius 3 is 2.89 bits per heavy atom. The van der Waals surface area contributed by atoms with Gasteiger partial charge >= 0.3 is 0 Å². The highest BCUT2D eigenvalue weighted by atomic mass is 16.5. The first-order chi connectivity index (χ1) is 8.79. The second-order valence-corrected chi connectivity index (χ2v) is 5.87. The normalized spacial score (nSPS) is 30.9. The van der Waals surface area contributed by atoms with E-state index < -0.39 is 0 Å². The van der Waals surface area contributed by atoms with Gasteiger partial charge in [-0.3, -0.25) is 4.90 Å². The molecule has 104 valence electrons. The minimum atomic E-state index is 0.428. The molecule has 1 aliphatic heterocycles. The second kappa shape index (κ2) is 7.27. The first-order valence-corrected chi connectivity index (χ1v) is 7.44. The van der Waals surface area contributed by atoms with E-state index in [1.807, 2.05) is 0 Å². The van der Waals surface area contributed by atoms with Crippen LogP contribution in [0.5, 0.6) is 0 Å². The maximum atomic E-state index is 6.31. The van der Waals surface area contributed by atoms with Crippen LogP contribution in [0, 0.1) is 5.92 Å². The van der Waals surface area contributed by atoms with E-state index in [4.69, 9.17) is 10.5 Å². The van der Waals surface area contributed by atoms with E-state index in [1.54, 1.807) is 7.11 Å². The second-order valence-electron chi connectivity index (χ2n) is 5.87. The number of nitrogens with zero attached hydrogens (tertiary/aromatic N) is 1. The van der Waals surface area contributed by atoms with Gasteiger partial charge in [0, 0.05) is 32.8 Å². The molecule has 2 N–H and O–H groups in total. The molecular weight excluding hydrogens is 224 g/mol. The highest BCUT2D eigenvalue weighted by Gasteiger charge is 2.23. The van der Waals surface area contributed by atoms with Gasteiger partial charge in [0.25, 0.3) is 0 Å². The summed E-state index contributed by atoms with van der Waals surface area (Å²) in [6.07, 6.45) is 10.1. The number of hydrogen-bond acceptors (Lipinski definition) is 3. The highest BCUT2D eigenvalue weighted by Crippen LogP contribution is 2.24. The maximum absolute atomic E-state index is 6.31. The zero-order chi connectivity index (χ0) is 12.8. The van der Waals surface area contributed by atoms with Gasteiger partial charge in [-0.1, -0.05) is 25.3 Å². The average Bonchev–Trinajstić information content (AvgIpc) is 2.58. The summed E-state index contributed by atoms with van der Waals surface area (Å²) in [6, 6.07) is 0.428. The van der Waals surface area contributed by atoms with E-state index in [2.05, 4.69) is 11.0 Å². The largest absolute Gasteiger partial charge is 0.380 e. The molecule has 0 saturated heterocycles. The fourth-order valence-electron chi connectivity index (χ4n) is 3.21. The van der Waals surface area contributed by atoms with Crippen LogP contribution in [0.25, 0.3) is 0 Å². The molecule has 0 aromatic heterocycles. The van der Waals surface area contributed by atoms with E-state index in [0.717, 1.165) is 19.6 Å². The molecule has 0 spiro atoms. The summed E-state index contributed by atoms with van der Waals surface area (Å²) in [7, 11) is 1.78. The van der Waals surface area contributed by atoms with Crippen molar-refractivity contribution in [3.63, 3.8) is 0 Å². The summed E-state index contributed by atoms with van der Waals surface area (Å²) >= 11 is 0. The molecule has 0 aromatic carbocycles. The molecule has 0 amide bonds. The fourth-order valence-corrected chi connectivity index (χ4v) is 3.21. The van der Waals surface area contributed by atoms with Crippen molar-refractivity contribution in [1.29, 1.82) is 0 Å². The third-order valence-corrected chi connectivity index (χ3v) is 4.43. The first kappa shape index (κ1) is 14.0. The van der Waals surface area contributed by atoms with Crippen molar-refractivity contribution in [2.75, 3.05) is 33.4 Å². The molecule has 1 saturated carbocycles. The van der Waals surface area contributed by atoms with Crippen LogP contribution in [0.1, 0.15) is 38.5 Å². The molecule has 0 aromatic rings. The Kier molecular flexibility index (Phi) is 5.67. The summed E-state index contributed by atoms with van der Waals surface area (Å²) in [5, 5.41) is 0. The molecule has 0 bridgehead atoms. The monoisotopic (exact) mass is 252 g/mol. The smallest absolute Gasteiger partial charge is 0.0673 e. The van der Waals surface area contributed by atoms with Crippen molar-refractivity contribution in [1.82, 2.24) is 4.90 Å². The average molecular weight is 252 g/mol. The Morgan fingerprint density at radius 2 is 2.17 bits per heavy atom.